The molecular formula is C13H13BrClNS. The fourth-order valence-corrected chi connectivity index (χ4v) is 3.49. The summed E-state index contributed by atoms with van der Waals surface area (Å²) in [5, 5.41) is 0.697. The van der Waals surface area contributed by atoms with Crippen LogP contribution < -0.4 is 5.73 Å². The lowest BCUT2D eigenvalue weighted by molar-refractivity contribution is 0.868. The summed E-state index contributed by atoms with van der Waals surface area (Å²) < 4.78 is 0.886. The Morgan fingerprint density at radius 2 is 2.00 bits per heavy atom. The van der Waals surface area contributed by atoms with E-state index in [-0.39, 0.29) is 6.04 Å². The van der Waals surface area contributed by atoms with Crippen LogP contribution in [-0.4, -0.2) is 0 Å². The van der Waals surface area contributed by atoms with Gasteiger partial charge in [-0.3, -0.25) is 0 Å². The lowest BCUT2D eigenvalue weighted by Gasteiger charge is -2.14. The molecule has 0 spiro atoms. The fraction of sp³-hybridized carbons (Fsp3) is 0.231. The maximum Gasteiger partial charge on any atom is 0.0599 e. The van der Waals surface area contributed by atoms with E-state index in [9.17, 15) is 0 Å². The Hall–Kier alpha value is -0.350. The van der Waals surface area contributed by atoms with E-state index in [1.165, 1.54) is 9.75 Å². The monoisotopic (exact) mass is 329 g/mol. The third kappa shape index (κ3) is 2.58. The molecule has 0 saturated heterocycles. The second kappa shape index (κ2) is 5.11. The van der Waals surface area contributed by atoms with Crippen LogP contribution in [0.15, 0.2) is 28.7 Å². The topological polar surface area (TPSA) is 26.0 Å². The van der Waals surface area contributed by atoms with Gasteiger partial charge in [-0.2, -0.15) is 0 Å². The SMILES string of the molecule is Cc1cc(C(N)c2cccc(Br)c2Cl)c(C)s1. The molecular weight excluding hydrogens is 318 g/mol. The third-order valence-corrected chi connectivity index (χ3v) is 5.02. The zero-order valence-corrected chi connectivity index (χ0v) is 12.8. The van der Waals surface area contributed by atoms with Crippen LogP contribution in [0, 0.1) is 13.8 Å². The summed E-state index contributed by atoms with van der Waals surface area (Å²) >= 11 is 11.5. The molecule has 0 radical (unpaired) electrons. The van der Waals surface area contributed by atoms with Gasteiger partial charge >= 0.3 is 0 Å². The molecule has 1 atom stereocenters. The molecule has 2 rings (SSSR count). The van der Waals surface area contributed by atoms with E-state index in [1.54, 1.807) is 11.3 Å². The number of aryl methyl sites for hydroxylation is 2. The van der Waals surface area contributed by atoms with Crippen LogP contribution >= 0.6 is 38.9 Å². The van der Waals surface area contributed by atoms with Crippen LogP contribution in [0.5, 0.6) is 0 Å². The minimum absolute atomic E-state index is 0.162. The van der Waals surface area contributed by atoms with Gasteiger partial charge in [0.05, 0.1) is 11.1 Å². The molecule has 1 nitrogen and oxygen atoms in total. The van der Waals surface area contributed by atoms with E-state index in [2.05, 4.69) is 35.8 Å². The summed E-state index contributed by atoms with van der Waals surface area (Å²) in [5.41, 5.74) is 8.42. The smallest absolute Gasteiger partial charge is 0.0599 e. The van der Waals surface area contributed by atoms with Crippen LogP contribution in [0.1, 0.15) is 26.9 Å². The highest BCUT2D eigenvalue weighted by molar-refractivity contribution is 9.10. The Bertz CT molecular complexity index is 550. The second-order valence-electron chi connectivity index (χ2n) is 3.99. The first kappa shape index (κ1) is 13.1. The molecule has 0 aliphatic rings. The molecule has 17 heavy (non-hydrogen) atoms. The molecule has 0 aliphatic carbocycles. The highest BCUT2D eigenvalue weighted by Gasteiger charge is 2.17. The van der Waals surface area contributed by atoms with Gasteiger partial charge in [-0.1, -0.05) is 23.7 Å². The Balaban J connectivity index is 2.47. The normalized spacial score (nSPS) is 12.8. The second-order valence-corrected chi connectivity index (χ2v) is 6.68. The molecule has 1 aromatic carbocycles. The Morgan fingerprint density at radius 3 is 2.59 bits per heavy atom. The first-order chi connectivity index (χ1) is 8.00. The van der Waals surface area contributed by atoms with E-state index in [0.717, 1.165) is 15.6 Å². The molecule has 0 amide bonds. The number of rotatable bonds is 2. The zero-order chi connectivity index (χ0) is 12.6. The van der Waals surface area contributed by atoms with Gasteiger partial charge in [0.2, 0.25) is 0 Å². The van der Waals surface area contributed by atoms with Crippen molar-refractivity contribution in [1.29, 1.82) is 0 Å². The number of halogens is 2. The molecule has 90 valence electrons. The van der Waals surface area contributed by atoms with E-state index in [1.807, 2.05) is 18.2 Å². The standard InChI is InChI=1S/C13H13BrClNS/c1-7-6-10(8(2)17-7)13(16)9-4-3-5-11(14)12(9)15/h3-6,13H,16H2,1-2H3. The van der Waals surface area contributed by atoms with E-state index < -0.39 is 0 Å². The molecule has 0 fully saturated rings. The average Bonchev–Trinajstić information content (AvgIpc) is 2.61. The average molecular weight is 331 g/mol. The maximum absolute atomic E-state index is 6.30. The molecule has 2 N–H and O–H groups in total. The summed E-state index contributed by atoms with van der Waals surface area (Å²) in [4.78, 5) is 2.53. The van der Waals surface area contributed by atoms with Gasteiger partial charge in [0.1, 0.15) is 0 Å². The van der Waals surface area contributed by atoms with Gasteiger partial charge in [0.25, 0.3) is 0 Å². The Kier molecular flexibility index (Phi) is 3.93. The maximum atomic E-state index is 6.30. The number of hydrogen-bond acceptors (Lipinski definition) is 2. The van der Waals surface area contributed by atoms with Crippen LogP contribution in [-0.2, 0) is 0 Å². The fourth-order valence-electron chi connectivity index (χ4n) is 1.89. The minimum atomic E-state index is -0.162. The molecule has 0 saturated carbocycles. The van der Waals surface area contributed by atoms with E-state index >= 15 is 0 Å². The molecule has 0 bridgehead atoms. The minimum Gasteiger partial charge on any atom is -0.320 e. The molecule has 0 aliphatic heterocycles. The Morgan fingerprint density at radius 1 is 1.29 bits per heavy atom. The van der Waals surface area contributed by atoms with E-state index in [0.29, 0.717) is 5.02 Å². The van der Waals surface area contributed by atoms with Crippen molar-refractivity contribution in [2.45, 2.75) is 19.9 Å². The number of nitrogens with two attached hydrogens (primary N) is 1. The van der Waals surface area contributed by atoms with Gasteiger partial charge in [0, 0.05) is 14.2 Å². The first-order valence-corrected chi connectivity index (χ1v) is 7.26. The van der Waals surface area contributed by atoms with Crippen LogP contribution in [0.25, 0.3) is 0 Å². The Labute approximate surface area is 119 Å². The predicted molar refractivity (Wildman–Crippen MR) is 79.0 cm³/mol. The van der Waals surface area contributed by atoms with Crippen LogP contribution in [0.3, 0.4) is 0 Å². The summed E-state index contributed by atoms with van der Waals surface area (Å²) in [6.07, 6.45) is 0. The molecule has 1 unspecified atom stereocenters. The lowest BCUT2D eigenvalue weighted by Crippen LogP contribution is -2.12. The van der Waals surface area contributed by atoms with Gasteiger partial charge in [-0.15, -0.1) is 11.3 Å². The van der Waals surface area contributed by atoms with Crippen molar-refractivity contribution >= 4 is 38.9 Å². The highest BCUT2D eigenvalue weighted by Crippen LogP contribution is 2.35. The van der Waals surface area contributed by atoms with Crippen molar-refractivity contribution in [2.24, 2.45) is 5.73 Å². The predicted octanol–water partition coefficient (Wildman–Crippen LogP) is 4.83. The number of hydrogen-bond donors (Lipinski definition) is 1. The van der Waals surface area contributed by atoms with Crippen molar-refractivity contribution < 1.29 is 0 Å². The van der Waals surface area contributed by atoms with Gasteiger partial charge < -0.3 is 5.73 Å². The summed E-state index contributed by atoms with van der Waals surface area (Å²) in [5.74, 6) is 0. The zero-order valence-electron chi connectivity index (χ0n) is 9.63. The summed E-state index contributed by atoms with van der Waals surface area (Å²) in [6.45, 7) is 4.19. The summed E-state index contributed by atoms with van der Waals surface area (Å²) in [6, 6.07) is 7.83. The van der Waals surface area contributed by atoms with Crippen LogP contribution in [0.4, 0.5) is 0 Å². The largest absolute Gasteiger partial charge is 0.320 e. The van der Waals surface area contributed by atoms with E-state index in [4.69, 9.17) is 17.3 Å². The van der Waals surface area contributed by atoms with Crippen LogP contribution in [0.2, 0.25) is 5.02 Å². The van der Waals surface area contributed by atoms with Gasteiger partial charge in [-0.05, 0) is 53.0 Å². The third-order valence-electron chi connectivity index (χ3n) is 2.73. The molecule has 2 aromatic rings. The number of benzene rings is 1. The first-order valence-electron chi connectivity index (χ1n) is 5.27. The highest BCUT2D eigenvalue weighted by atomic mass is 79.9. The number of thiophene rings is 1. The van der Waals surface area contributed by atoms with Crippen molar-refractivity contribution in [3.63, 3.8) is 0 Å². The van der Waals surface area contributed by atoms with Crippen molar-refractivity contribution in [3.8, 4) is 0 Å². The van der Waals surface area contributed by atoms with Crippen molar-refractivity contribution in [2.75, 3.05) is 0 Å². The van der Waals surface area contributed by atoms with Crippen molar-refractivity contribution in [1.82, 2.24) is 0 Å². The lowest BCUT2D eigenvalue weighted by atomic mass is 10.00. The van der Waals surface area contributed by atoms with Crippen molar-refractivity contribution in [3.05, 3.63) is 54.6 Å². The summed E-state index contributed by atoms with van der Waals surface area (Å²) in [7, 11) is 0. The quantitative estimate of drug-likeness (QED) is 0.838. The molecule has 1 aromatic heterocycles. The van der Waals surface area contributed by atoms with Gasteiger partial charge in [0.15, 0.2) is 0 Å². The molecule has 4 heteroatoms. The van der Waals surface area contributed by atoms with Gasteiger partial charge in [-0.25, -0.2) is 0 Å². The molecule has 1 heterocycles.